The quantitative estimate of drug-likeness (QED) is 0.253. The zero-order valence-electron chi connectivity index (χ0n) is 23.7. The van der Waals surface area contributed by atoms with Gasteiger partial charge in [-0.25, -0.2) is 13.4 Å². The minimum absolute atomic E-state index is 0. The Hall–Kier alpha value is -3.38. The first-order valence-corrected chi connectivity index (χ1v) is 16.1. The number of piperazine rings is 1. The van der Waals surface area contributed by atoms with Crippen LogP contribution in [0.15, 0.2) is 77.7 Å². The Morgan fingerprint density at radius 2 is 1.69 bits per heavy atom. The Kier molecular flexibility index (Phi) is 10.7. The first kappa shape index (κ1) is 31.6. The van der Waals surface area contributed by atoms with Crippen molar-refractivity contribution in [3.8, 4) is 5.75 Å². The van der Waals surface area contributed by atoms with E-state index in [1.165, 1.54) is 16.4 Å². The van der Waals surface area contributed by atoms with E-state index in [0.717, 1.165) is 53.8 Å². The number of hydrogen-bond acceptors (Lipinski definition) is 8. The van der Waals surface area contributed by atoms with Crippen molar-refractivity contribution in [2.75, 3.05) is 61.6 Å². The number of thiazole rings is 1. The van der Waals surface area contributed by atoms with E-state index < -0.39 is 10.0 Å². The number of carbonyl (C=O) groups excluding carboxylic acids is 1. The molecule has 1 amide bonds. The van der Waals surface area contributed by atoms with Crippen LogP contribution in [0.1, 0.15) is 24.2 Å². The summed E-state index contributed by atoms with van der Waals surface area (Å²) in [6, 6.07) is 21.2. The van der Waals surface area contributed by atoms with Crippen LogP contribution in [0.2, 0.25) is 0 Å². The van der Waals surface area contributed by atoms with Crippen LogP contribution in [-0.2, 0) is 10.0 Å². The van der Waals surface area contributed by atoms with Crippen molar-refractivity contribution in [3.63, 3.8) is 0 Å². The summed E-state index contributed by atoms with van der Waals surface area (Å²) in [7, 11) is -3.73. The van der Waals surface area contributed by atoms with Crippen LogP contribution in [0, 0.1) is 0 Å². The van der Waals surface area contributed by atoms with E-state index in [0.29, 0.717) is 30.9 Å². The topological polar surface area (TPSA) is 95.1 Å². The van der Waals surface area contributed by atoms with Gasteiger partial charge in [0.25, 0.3) is 15.9 Å². The molecule has 0 saturated carbocycles. The summed E-state index contributed by atoms with van der Waals surface area (Å²) < 4.78 is 34.6. The molecule has 0 spiro atoms. The maximum absolute atomic E-state index is 13.2. The molecule has 1 aliphatic heterocycles. The lowest BCUT2D eigenvalue weighted by Gasteiger charge is -2.34. The molecule has 1 N–H and O–H groups in total. The maximum Gasteiger partial charge on any atom is 0.264 e. The van der Waals surface area contributed by atoms with Gasteiger partial charge in [0.2, 0.25) is 0 Å². The third-order valence-corrected chi connectivity index (χ3v) is 10.1. The number of sulfonamides is 1. The predicted octanol–water partition coefficient (Wildman–Crippen LogP) is 4.88. The van der Waals surface area contributed by atoms with Crippen molar-refractivity contribution in [3.05, 3.63) is 78.4 Å². The number of para-hydroxylation sites is 2. The number of rotatable bonds is 11. The van der Waals surface area contributed by atoms with E-state index in [1.807, 2.05) is 37.3 Å². The highest BCUT2D eigenvalue weighted by Gasteiger charge is 2.24. The Morgan fingerprint density at radius 1 is 0.976 bits per heavy atom. The summed E-state index contributed by atoms with van der Waals surface area (Å²) in [5.41, 5.74) is 1.95. The third kappa shape index (κ3) is 6.97. The van der Waals surface area contributed by atoms with E-state index in [2.05, 4.69) is 21.2 Å². The Labute approximate surface area is 257 Å². The Bertz CT molecular complexity index is 1570. The maximum atomic E-state index is 13.2. The van der Waals surface area contributed by atoms with Gasteiger partial charge in [-0.1, -0.05) is 35.6 Å². The van der Waals surface area contributed by atoms with Crippen molar-refractivity contribution < 1.29 is 17.9 Å². The molecule has 1 saturated heterocycles. The van der Waals surface area contributed by atoms with Gasteiger partial charge in [-0.2, -0.15) is 0 Å². The number of nitrogens with one attached hydrogen (secondary N) is 1. The summed E-state index contributed by atoms with van der Waals surface area (Å²) in [5, 5.41) is 3.98. The van der Waals surface area contributed by atoms with E-state index in [9.17, 15) is 13.2 Å². The van der Waals surface area contributed by atoms with Crippen LogP contribution in [0.3, 0.4) is 0 Å². The molecule has 2 heterocycles. The number of benzene rings is 3. The van der Waals surface area contributed by atoms with E-state index in [1.54, 1.807) is 42.5 Å². The molecule has 3 aromatic carbocycles. The summed E-state index contributed by atoms with van der Waals surface area (Å²) in [5.74, 6) is 0.607. The van der Waals surface area contributed by atoms with Crippen LogP contribution < -0.4 is 19.3 Å². The molecule has 0 radical (unpaired) electrons. The fraction of sp³-hybridized carbons (Fsp3) is 0.333. The van der Waals surface area contributed by atoms with Crippen molar-refractivity contribution >= 4 is 60.7 Å². The molecule has 5 rings (SSSR count). The van der Waals surface area contributed by atoms with Gasteiger partial charge >= 0.3 is 0 Å². The van der Waals surface area contributed by atoms with E-state index in [-0.39, 0.29) is 23.2 Å². The number of amides is 1. The van der Waals surface area contributed by atoms with Crippen LogP contribution in [0.4, 0.5) is 10.8 Å². The van der Waals surface area contributed by atoms with Crippen LogP contribution in [-0.4, -0.2) is 76.6 Å². The van der Waals surface area contributed by atoms with E-state index in [4.69, 9.17) is 9.72 Å². The van der Waals surface area contributed by atoms with Gasteiger partial charge in [-0.3, -0.25) is 14.0 Å². The second-order valence-corrected chi connectivity index (χ2v) is 12.5. The molecule has 0 bridgehead atoms. The normalized spacial score (nSPS) is 13.9. The van der Waals surface area contributed by atoms with Gasteiger partial charge in [0, 0.05) is 51.4 Å². The van der Waals surface area contributed by atoms with E-state index >= 15 is 0 Å². The third-order valence-electron chi connectivity index (χ3n) is 7.06. The molecule has 4 aromatic rings. The monoisotopic (exact) mass is 629 g/mol. The average Bonchev–Trinajstić information content (AvgIpc) is 3.44. The average molecular weight is 630 g/mol. The summed E-state index contributed by atoms with van der Waals surface area (Å²) in [4.78, 5) is 22.4. The minimum Gasteiger partial charge on any atom is -0.492 e. The Morgan fingerprint density at radius 3 is 2.36 bits per heavy atom. The molecule has 42 heavy (non-hydrogen) atoms. The van der Waals surface area contributed by atoms with Crippen molar-refractivity contribution in [1.29, 1.82) is 0 Å². The lowest BCUT2D eigenvalue weighted by atomic mass is 10.2. The van der Waals surface area contributed by atoms with Crippen molar-refractivity contribution in [1.82, 2.24) is 15.2 Å². The molecule has 0 aliphatic carbocycles. The fourth-order valence-electron chi connectivity index (χ4n) is 4.90. The van der Waals surface area contributed by atoms with Gasteiger partial charge in [0.1, 0.15) is 11.3 Å². The van der Waals surface area contributed by atoms with Gasteiger partial charge in [-0.15, -0.1) is 12.4 Å². The first-order chi connectivity index (χ1) is 19.9. The number of anilines is 2. The van der Waals surface area contributed by atoms with Crippen LogP contribution in [0.25, 0.3) is 10.2 Å². The lowest BCUT2D eigenvalue weighted by molar-refractivity contribution is 0.0947. The molecule has 12 heteroatoms. The lowest BCUT2D eigenvalue weighted by Crippen LogP contribution is -2.48. The number of aromatic nitrogens is 1. The highest BCUT2D eigenvalue weighted by atomic mass is 35.5. The largest absolute Gasteiger partial charge is 0.492 e. The SMILES string of the molecule is CCOc1cccc2sc(N3CCN(CCNC(=O)c4ccc(S(=O)(=O)N(CC)c5ccccc5)cc4)CC3)nc12.Cl. The molecule has 9 nitrogen and oxygen atoms in total. The molecule has 0 atom stereocenters. The summed E-state index contributed by atoms with van der Waals surface area (Å²) in [6.45, 7) is 9.43. The molecular weight excluding hydrogens is 594 g/mol. The zero-order valence-corrected chi connectivity index (χ0v) is 26.2. The highest BCUT2D eigenvalue weighted by molar-refractivity contribution is 7.92. The smallest absolute Gasteiger partial charge is 0.264 e. The minimum atomic E-state index is -3.73. The van der Waals surface area contributed by atoms with Crippen molar-refractivity contribution in [2.24, 2.45) is 0 Å². The highest BCUT2D eigenvalue weighted by Crippen LogP contribution is 2.34. The molecule has 1 aromatic heterocycles. The zero-order chi connectivity index (χ0) is 28.8. The second-order valence-electron chi connectivity index (χ2n) is 9.65. The predicted molar refractivity (Wildman–Crippen MR) is 172 cm³/mol. The molecule has 1 aliphatic rings. The molecule has 1 fully saturated rings. The number of ether oxygens (including phenoxy) is 1. The summed E-state index contributed by atoms with van der Waals surface area (Å²) in [6.07, 6.45) is 0. The number of nitrogens with zero attached hydrogens (tertiary/aromatic N) is 4. The second kappa shape index (κ2) is 14.2. The van der Waals surface area contributed by atoms with Gasteiger partial charge in [-0.05, 0) is 62.4 Å². The molecule has 224 valence electrons. The first-order valence-electron chi connectivity index (χ1n) is 13.9. The van der Waals surface area contributed by atoms with Crippen LogP contribution >= 0.6 is 23.7 Å². The number of hydrogen-bond donors (Lipinski definition) is 1. The van der Waals surface area contributed by atoms with Gasteiger partial charge < -0.3 is 15.0 Å². The summed E-state index contributed by atoms with van der Waals surface area (Å²) >= 11 is 1.69. The van der Waals surface area contributed by atoms with Gasteiger partial charge in [0.15, 0.2) is 5.13 Å². The number of fused-ring (bicyclic) bond motifs is 1. The number of halogens is 1. The molecular formula is C30H36ClN5O4S2. The molecule has 0 unspecified atom stereocenters. The van der Waals surface area contributed by atoms with Crippen molar-refractivity contribution in [2.45, 2.75) is 18.7 Å². The number of carbonyl (C=O) groups is 1. The standard InChI is InChI=1S/C30H35N5O4S2.ClH/c1-3-35(24-9-6-5-7-10-24)41(37,38)25-15-13-23(14-16-25)29(36)31-17-18-33-19-21-34(22-20-33)30-32-28-26(39-4-2)11-8-12-27(28)40-30;/h5-16H,3-4,17-22H2,1-2H3,(H,31,36);1H. The van der Waals surface area contributed by atoms with Crippen LogP contribution in [0.5, 0.6) is 5.75 Å². The van der Waals surface area contributed by atoms with Gasteiger partial charge in [0.05, 0.1) is 21.9 Å². The Balaban J connectivity index is 0.00000405. The fourth-order valence-corrected chi connectivity index (χ4v) is 7.41.